The van der Waals surface area contributed by atoms with Crippen molar-refractivity contribution in [3.05, 3.63) is 24.0 Å². The Bertz CT molecular complexity index is 388. The molecule has 0 spiro atoms. The molecule has 1 heterocycles. The van der Waals surface area contributed by atoms with Crippen LogP contribution < -0.4 is 4.90 Å². The Hall–Kier alpha value is -1.58. The van der Waals surface area contributed by atoms with E-state index in [0.717, 1.165) is 6.42 Å². The van der Waals surface area contributed by atoms with E-state index in [1.54, 1.807) is 12.3 Å². The summed E-state index contributed by atoms with van der Waals surface area (Å²) >= 11 is 0. The summed E-state index contributed by atoms with van der Waals surface area (Å²) in [5, 5.41) is 9.09. The number of aromatic nitrogens is 1. The summed E-state index contributed by atoms with van der Waals surface area (Å²) in [7, 11) is 1.91. The van der Waals surface area contributed by atoms with Crippen LogP contribution in [0.5, 0.6) is 0 Å². The normalized spacial score (nSPS) is 11.2. The number of aromatic carboxylic acids is 1. The highest BCUT2D eigenvalue weighted by molar-refractivity contribution is 5.94. The molecule has 0 fully saturated rings. The number of hydrogen-bond donors (Lipinski definition) is 1. The molecule has 0 aliphatic heterocycles. The lowest BCUT2D eigenvalue weighted by molar-refractivity contribution is 0.0697. The van der Waals surface area contributed by atoms with Gasteiger partial charge in [-0.2, -0.15) is 0 Å². The van der Waals surface area contributed by atoms with Crippen LogP contribution in [0.3, 0.4) is 0 Å². The zero-order valence-corrected chi connectivity index (χ0v) is 10.2. The molecule has 0 aliphatic rings. The van der Waals surface area contributed by atoms with E-state index in [0.29, 0.717) is 5.69 Å². The summed E-state index contributed by atoms with van der Waals surface area (Å²) < 4.78 is 0. The van der Waals surface area contributed by atoms with Crippen molar-refractivity contribution in [2.45, 2.75) is 32.7 Å². The molecule has 0 amide bonds. The van der Waals surface area contributed by atoms with Crippen molar-refractivity contribution in [1.82, 2.24) is 4.98 Å². The van der Waals surface area contributed by atoms with E-state index in [2.05, 4.69) is 25.8 Å². The second kappa shape index (κ2) is 4.51. The number of pyridine rings is 1. The van der Waals surface area contributed by atoms with E-state index in [1.807, 2.05) is 11.9 Å². The number of carboxylic acids is 1. The van der Waals surface area contributed by atoms with Crippen molar-refractivity contribution in [2.75, 3.05) is 11.9 Å². The molecule has 0 radical (unpaired) electrons. The van der Waals surface area contributed by atoms with Gasteiger partial charge in [0.25, 0.3) is 0 Å². The van der Waals surface area contributed by atoms with Gasteiger partial charge < -0.3 is 10.0 Å². The highest BCUT2D eigenvalue weighted by Crippen LogP contribution is 2.27. The maximum absolute atomic E-state index is 11.1. The van der Waals surface area contributed by atoms with Crippen LogP contribution in [0.15, 0.2) is 18.5 Å². The Kier molecular flexibility index (Phi) is 3.52. The topological polar surface area (TPSA) is 53.4 Å². The van der Waals surface area contributed by atoms with Crippen molar-refractivity contribution in [2.24, 2.45) is 0 Å². The third-order valence-electron chi connectivity index (χ3n) is 3.16. The zero-order valence-electron chi connectivity index (χ0n) is 10.2. The fraction of sp³-hybridized carbons (Fsp3) is 0.500. The Labute approximate surface area is 95.9 Å². The van der Waals surface area contributed by atoms with Gasteiger partial charge in [0.15, 0.2) is 0 Å². The van der Waals surface area contributed by atoms with Crippen molar-refractivity contribution in [1.29, 1.82) is 0 Å². The Morgan fingerprint density at radius 3 is 2.69 bits per heavy atom. The molecule has 4 heteroatoms. The number of anilines is 1. The van der Waals surface area contributed by atoms with Crippen LogP contribution in [0.4, 0.5) is 5.69 Å². The molecule has 0 atom stereocenters. The van der Waals surface area contributed by atoms with Gasteiger partial charge in [-0.3, -0.25) is 4.98 Å². The van der Waals surface area contributed by atoms with Gasteiger partial charge in [0.1, 0.15) is 5.56 Å². The van der Waals surface area contributed by atoms with E-state index in [4.69, 9.17) is 5.11 Å². The van der Waals surface area contributed by atoms with E-state index >= 15 is 0 Å². The molecular formula is C12H18N2O2. The Balaban J connectivity index is 3.18. The third-order valence-corrected chi connectivity index (χ3v) is 3.16. The van der Waals surface area contributed by atoms with Crippen LogP contribution in [-0.4, -0.2) is 28.6 Å². The van der Waals surface area contributed by atoms with Crippen LogP contribution in [0.2, 0.25) is 0 Å². The fourth-order valence-electron chi connectivity index (χ4n) is 1.41. The maximum Gasteiger partial charge on any atom is 0.339 e. The van der Waals surface area contributed by atoms with Crippen LogP contribution in [0, 0.1) is 0 Å². The number of rotatable bonds is 4. The standard InChI is InChI=1S/C12H18N2O2/c1-5-12(2,3)14(4)10-6-7-13-8-9(10)11(15)16/h6-8H,5H2,1-4H3,(H,15,16). The van der Waals surface area contributed by atoms with Crippen molar-refractivity contribution in [3.8, 4) is 0 Å². The summed E-state index contributed by atoms with van der Waals surface area (Å²) in [6, 6.07) is 1.74. The average molecular weight is 222 g/mol. The summed E-state index contributed by atoms with van der Waals surface area (Å²) in [5.41, 5.74) is 0.867. The summed E-state index contributed by atoms with van der Waals surface area (Å²) in [6.07, 6.45) is 3.94. The lowest BCUT2D eigenvalue weighted by Crippen LogP contribution is -2.41. The Morgan fingerprint density at radius 1 is 1.56 bits per heavy atom. The van der Waals surface area contributed by atoms with Gasteiger partial charge in [-0.25, -0.2) is 4.79 Å². The first-order valence-corrected chi connectivity index (χ1v) is 5.31. The van der Waals surface area contributed by atoms with Crippen molar-refractivity contribution >= 4 is 11.7 Å². The van der Waals surface area contributed by atoms with Crippen molar-refractivity contribution in [3.63, 3.8) is 0 Å². The van der Waals surface area contributed by atoms with E-state index in [1.165, 1.54) is 6.20 Å². The summed E-state index contributed by atoms with van der Waals surface area (Å²) in [6.45, 7) is 6.25. The average Bonchev–Trinajstić information content (AvgIpc) is 2.28. The van der Waals surface area contributed by atoms with Gasteiger partial charge in [0.05, 0.1) is 5.69 Å². The number of carbonyl (C=O) groups is 1. The minimum Gasteiger partial charge on any atom is -0.478 e. The highest BCUT2D eigenvalue weighted by Gasteiger charge is 2.24. The second-order valence-corrected chi connectivity index (χ2v) is 4.42. The van der Waals surface area contributed by atoms with Gasteiger partial charge in [-0.1, -0.05) is 6.92 Å². The van der Waals surface area contributed by atoms with Gasteiger partial charge in [-0.15, -0.1) is 0 Å². The number of nitrogens with zero attached hydrogens (tertiary/aromatic N) is 2. The molecule has 1 rings (SSSR count). The smallest absolute Gasteiger partial charge is 0.339 e. The Morgan fingerprint density at radius 2 is 2.19 bits per heavy atom. The molecule has 0 saturated carbocycles. The van der Waals surface area contributed by atoms with E-state index in [-0.39, 0.29) is 11.1 Å². The third kappa shape index (κ3) is 2.32. The lowest BCUT2D eigenvalue weighted by Gasteiger charge is -2.37. The minimum absolute atomic E-state index is 0.0778. The largest absolute Gasteiger partial charge is 0.478 e. The van der Waals surface area contributed by atoms with Gasteiger partial charge in [0.2, 0.25) is 0 Å². The number of hydrogen-bond acceptors (Lipinski definition) is 3. The molecule has 1 N–H and O–H groups in total. The minimum atomic E-state index is -0.943. The van der Waals surface area contributed by atoms with Crippen molar-refractivity contribution < 1.29 is 9.90 Å². The molecule has 0 aliphatic carbocycles. The van der Waals surface area contributed by atoms with Crippen LogP contribution in [0.1, 0.15) is 37.6 Å². The van der Waals surface area contributed by atoms with Crippen LogP contribution >= 0.6 is 0 Å². The predicted molar refractivity (Wildman–Crippen MR) is 64.0 cm³/mol. The summed E-state index contributed by atoms with van der Waals surface area (Å²) in [4.78, 5) is 16.9. The molecule has 16 heavy (non-hydrogen) atoms. The lowest BCUT2D eigenvalue weighted by atomic mass is 9.98. The fourth-order valence-corrected chi connectivity index (χ4v) is 1.41. The second-order valence-electron chi connectivity index (χ2n) is 4.42. The van der Waals surface area contributed by atoms with Crippen LogP contribution in [-0.2, 0) is 0 Å². The van der Waals surface area contributed by atoms with Gasteiger partial charge in [0, 0.05) is 25.0 Å². The number of carboxylic acid groups (broad SMARTS) is 1. The van der Waals surface area contributed by atoms with E-state index < -0.39 is 5.97 Å². The monoisotopic (exact) mass is 222 g/mol. The maximum atomic E-state index is 11.1. The quantitative estimate of drug-likeness (QED) is 0.850. The molecule has 0 saturated heterocycles. The SMILES string of the molecule is CCC(C)(C)N(C)c1ccncc1C(=O)O. The van der Waals surface area contributed by atoms with E-state index in [9.17, 15) is 4.79 Å². The molecule has 1 aromatic rings. The first kappa shape index (κ1) is 12.5. The van der Waals surface area contributed by atoms with Gasteiger partial charge in [-0.05, 0) is 26.3 Å². The first-order valence-electron chi connectivity index (χ1n) is 5.31. The van der Waals surface area contributed by atoms with Crippen LogP contribution in [0.25, 0.3) is 0 Å². The predicted octanol–water partition coefficient (Wildman–Crippen LogP) is 2.40. The molecule has 0 unspecified atom stereocenters. The highest BCUT2D eigenvalue weighted by atomic mass is 16.4. The molecule has 4 nitrogen and oxygen atoms in total. The first-order chi connectivity index (χ1) is 7.40. The molecule has 0 bridgehead atoms. The van der Waals surface area contributed by atoms with Gasteiger partial charge >= 0.3 is 5.97 Å². The molecular weight excluding hydrogens is 204 g/mol. The molecule has 0 aromatic carbocycles. The zero-order chi connectivity index (χ0) is 12.3. The molecule has 88 valence electrons. The molecule has 1 aromatic heterocycles. The summed E-state index contributed by atoms with van der Waals surface area (Å²) in [5.74, 6) is -0.943.